The molecule has 4 nitrogen and oxygen atoms in total. The summed E-state index contributed by atoms with van der Waals surface area (Å²) in [5, 5.41) is 4.03. The number of ether oxygens (including phenoxy) is 1. The summed E-state index contributed by atoms with van der Waals surface area (Å²) in [4.78, 5) is 0. The van der Waals surface area contributed by atoms with Gasteiger partial charge in [-0.1, -0.05) is 39.5 Å². The number of hydrogen-bond acceptors (Lipinski definition) is 3. The SMILES string of the molecule is CCCCCOCCCCC.NS(=O)[O-]. The number of rotatable bonds is 8. The van der Waals surface area contributed by atoms with Crippen LogP contribution >= 0.6 is 0 Å². The van der Waals surface area contributed by atoms with Crippen LogP contribution in [0.5, 0.6) is 0 Å². The lowest BCUT2D eigenvalue weighted by molar-refractivity contribution is 0.126. The Hall–Kier alpha value is 0.0300. The maximum atomic E-state index is 8.78. The highest BCUT2D eigenvalue weighted by molar-refractivity contribution is 7.76. The molecule has 0 aromatic rings. The lowest BCUT2D eigenvalue weighted by Crippen LogP contribution is -1.97. The van der Waals surface area contributed by atoms with E-state index in [1.165, 1.54) is 38.5 Å². The van der Waals surface area contributed by atoms with Crippen LogP contribution in [0.1, 0.15) is 52.4 Å². The van der Waals surface area contributed by atoms with E-state index in [1.807, 2.05) is 0 Å². The zero-order valence-electron chi connectivity index (χ0n) is 9.87. The molecule has 0 radical (unpaired) electrons. The van der Waals surface area contributed by atoms with Crippen LogP contribution < -0.4 is 5.14 Å². The van der Waals surface area contributed by atoms with Gasteiger partial charge in [0, 0.05) is 24.5 Å². The molecule has 0 heterocycles. The van der Waals surface area contributed by atoms with Gasteiger partial charge in [0.1, 0.15) is 0 Å². The molecule has 1 atom stereocenters. The van der Waals surface area contributed by atoms with Gasteiger partial charge in [0.25, 0.3) is 0 Å². The van der Waals surface area contributed by atoms with Gasteiger partial charge in [-0.05, 0) is 12.8 Å². The van der Waals surface area contributed by atoms with E-state index in [1.54, 1.807) is 0 Å². The van der Waals surface area contributed by atoms with Gasteiger partial charge < -0.3 is 9.29 Å². The molecule has 0 spiro atoms. The predicted molar refractivity (Wildman–Crippen MR) is 63.0 cm³/mol. The van der Waals surface area contributed by atoms with Gasteiger partial charge in [0.15, 0.2) is 0 Å². The maximum Gasteiger partial charge on any atom is 0.0466 e. The quantitative estimate of drug-likeness (QED) is 0.520. The van der Waals surface area contributed by atoms with Crippen LogP contribution in [-0.4, -0.2) is 22.0 Å². The van der Waals surface area contributed by atoms with Crippen LogP contribution in [0.25, 0.3) is 0 Å². The fourth-order valence-electron chi connectivity index (χ4n) is 1.01. The average Bonchev–Trinajstić information content (AvgIpc) is 2.16. The molecule has 0 aliphatic rings. The van der Waals surface area contributed by atoms with Crippen molar-refractivity contribution in [2.45, 2.75) is 52.4 Å². The van der Waals surface area contributed by atoms with E-state index in [9.17, 15) is 0 Å². The van der Waals surface area contributed by atoms with Gasteiger partial charge in [-0.3, -0.25) is 9.35 Å². The van der Waals surface area contributed by atoms with Gasteiger partial charge in [0.2, 0.25) is 0 Å². The zero-order valence-corrected chi connectivity index (χ0v) is 10.7. The zero-order chi connectivity index (χ0) is 11.9. The molecule has 0 aromatic carbocycles. The molecule has 0 aliphatic carbocycles. The van der Waals surface area contributed by atoms with Crippen LogP contribution in [0.3, 0.4) is 0 Å². The largest absolute Gasteiger partial charge is 0.760 e. The molecule has 1 unspecified atom stereocenters. The molecule has 0 fully saturated rings. The van der Waals surface area contributed by atoms with Crippen LogP contribution in [-0.2, 0) is 16.0 Å². The predicted octanol–water partition coefficient (Wildman–Crippen LogP) is 2.12. The Morgan fingerprint density at radius 2 is 1.40 bits per heavy atom. The molecule has 0 amide bonds. The summed E-state index contributed by atoms with van der Waals surface area (Å²) >= 11 is -2.36. The highest BCUT2D eigenvalue weighted by Crippen LogP contribution is 1.97. The van der Waals surface area contributed by atoms with E-state index < -0.39 is 11.3 Å². The smallest absolute Gasteiger partial charge is 0.0466 e. The van der Waals surface area contributed by atoms with Gasteiger partial charge >= 0.3 is 0 Å². The average molecular weight is 238 g/mol. The molecule has 5 heteroatoms. The monoisotopic (exact) mass is 238 g/mol. The van der Waals surface area contributed by atoms with Gasteiger partial charge in [-0.15, -0.1) is 0 Å². The van der Waals surface area contributed by atoms with Crippen molar-refractivity contribution in [1.29, 1.82) is 0 Å². The molecule has 2 N–H and O–H groups in total. The summed E-state index contributed by atoms with van der Waals surface area (Å²) in [6.07, 6.45) is 7.68. The van der Waals surface area contributed by atoms with Crippen LogP contribution in [0.4, 0.5) is 0 Å². The van der Waals surface area contributed by atoms with Gasteiger partial charge in [-0.25, -0.2) is 0 Å². The highest BCUT2D eigenvalue weighted by Gasteiger charge is 1.88. The Balaban J connectivity index is 0. The highest BCUT2D eigenvalue weighted by atomic mass is 32.2. The Kier molecular flexibility index (Phi) is 19.1. The first kappa shape index (κ1) is 17.4. The molecule has 0 bridgehead atoms. The van der Waals surface area contributed by atoms with Crippen molar-refractivity contribution in [2.75, 3.05) is 13.2 Å². The first-order valence-corrected chi connectivity index (χ1v) is 6.70. The normalized spacial score (nSPS) is 11.7. The van der Waals surface area contributed by atoms with E-state index in [0.717, 1.165) is 13.2 Å². The first-order chi connectivity index (χ1) is 7.15. The van der Waals surface area contributed by atoms with Crippen molar-refractivity contribution in [1.82, 2.24) is 0 Å². The molecule has 0 aromatic heterocycles. The lowest BCUT2D eigenvalue weighted by atomic mass is 10.2. The van der Waals surface area contributed by atoms with Crippen molar-refractivity contribution >= 4 is 11.3 Å². The van der Waals surface area contributed by atoms with Crippen molar-refractivity contribution in [3.8, 4) is 0 Å². The molecule has 0 saturated heterocycles. The summed E-state index contributed by atoms with van der Waals surface area (Å²) in [6, 6.07) is 0. The molecule has 15 heavy (non-hydrogen) atoms. The number of hydrogen-bond donors (Lipinski definition) is 1. The van der Waals surface area contributed by atoms with E-state index in [-0.39, 0.29) is 0 Å². The van der Waals surface area contributed by atoms with Crippen molar-refractivity contribution in [3.05, 3.63) is 0 Å². The number of nitrogens with two attached hydrogens (primary N) is 1. The van der Waals surface area contributed by atoms with E-state index in [0.29, 0.717) is 0 Å². The summed E-state index contributed by atoms with van der Waals surface area (Å²) < 4.78 is 23.0. The van der Waals surface area contributed by atoms with Crippen LogP contribution in [0.2, 0.25) is 0 Å². The fraction of sp³-hybridized carbons (Fsp3) is 1.00. The Bertz CT molecular complexity index is 122. The second kappa shape index (κ2) is 16.5. The van der Waals surface area contributed by atoms with E-state index in [4.69, 9.17) is 13.5 Å². The van der Waals surface area contributed by atoms with Crippen molar-refractivity contribution in [3.63, 3.8) is 0 Å². The summed E-state index contributed by atoms with van der Waals surface area (Å²) in [5.74, 6) is 0. The van der Waals surface area contributed by atoms with E-state index in [2.05, 4.69) is 19.0 Å². The van der Waals surface area contributed by atoms with Crippen LogP contribution in [0.15, 0.2) is 0 Å². The van der Waals surface area contributed by atoms with Crippen molar-refractivity contribution in [2.24, 2.45) is 5.14 Å². The molecule has 94 valence electrons. The second-order valence-electron chi connectivity index (χ2n) is 3.29. The lowest BCUT2D eigenvalue weighted by Gasteiger charge is -2.01. The first-order valence-electron chi connectivity index (χ1n) is 5.56. The molecule has 0 aliphatic heterocycles. The fourth-order valence-corrected chi connectivity index (χ4v) is 1.01. The minimum Gasteiger partial charge on any atom is -0.760 e. The third-order valence-electron chi connectivity index (χ3n) is 1.78. The van der Waals surface area contributed by atoms with Gasteiger partial charge in [0.05, 0.1) is 0 Å². The van der Waals surface area contributed by atoms with E-state index >= 15 is 0 Å². The molecule has 0 rings (SSSR count). The third-order valence-corrected chi connectivity index (χ3v) is 1.78. The summed E-state index contributed by atoms with van der Waals surface area (Å²) in [5.41, 5.74) is 0. The minimum atomic E-state index is -2.36. The van der Waals surface area contributed by atoms with Crippen molar-refractivity contribution < 1.29 is 13.5 Å². The summed E-state index contributed by atoms with van der Waals surface area (Å²) in [7, 11) is 0. The molecule has 0 saturated carbocycles. The summed E-state index contributed by atoms with van der Waals surface area (Å²) in [6.45, 7) is 6.38. The topological polar surface area (TPSA) is 75.4 Å². The number of unbranched alkanes of at least 4 members (excludes halogenated alkanes) is 4. The maximum absolute atomic E-state index is 8.78. The second-order valence-corrected chi connectivity index (χ2v) is 3.81. The Morgan fingerprint density at radius 3 is 1.67 bits per heavy atom. The minimum absolute atomic E-state index is 0.970. The van der Waals surface area contributed by atoms with Gasteiger partial charge in [-0.2, -0.15) is 0 Å². The molecular weight excluding hydrogens is 214 g/mol. The molecular formula is C10H24NO3S-. The standard InChI is InChI=1S/C10H22O.H3NO2S/c1-3-5-7-9-11-10-8-6-4-2;1-4(2)3/h3-10H2,1-2H3;1H2,(H,2,3)/p-1. The Labute approximate surface area is 96.0 Å². The Morgan fingerprint density at radius 1 is 1.07 bits per heavy atom. The van der Waals surface area contributed by atoms with Crippen LogP contribution in [0, 0.1) is 0 Å². The third kappa shape index (κ3) is 31.5.